The molecule has 1 aromatic carbocycles. The van der Waals surface area contributed by atoms with Crippen LogP contribution in [0.5, 0.6) is 5.75 Å². The quantitative estimate of drug-likeness (QED) is 0.199. The maximum atomic E-state index is 11.7. The standard InChI is InChI=1S/C15H19N3O7/c1-2-23-15(21)11-4-3-5-12(8-11)25-9-13(17-18-16)24-7-6-22-10-14(19)20/h3-5,8,13H,2,6-7,9-10H2,1H3,(H,19,20). The molecule has 1 aromatic rings. The largest absolute Gasteiger partial charge is 0.491 e. The van der Waals surface area contributed by atoms with Gasteiger partial charge in [-0.1, -0.05) is 11.2 Å². The second-order valence-electron chi connectivity index (χ2n) is 4.54. The fourth-order valence-electron chi connectivity index (χ4n) is 1.67. The average molecular weight is 353 g/mol. The number of carbonyl (C=O) groups excluding carboxylic acids is 1. The molecule has 25 heavy (non-hydrogen) atoms. The van der Waals surface area contributed by atoms with Gasteiger partial charge in [0.15, 0.2) is 6.23 Å². The summed E-state index contributed by atoms with van der Waals surface area (Å²) in [5.41, 5.74) is 8.87. The molecule has 0 aliphatic heterocycles. The van der Waals surface area contributed by atoms with Crippen molar-refractivity contribution in [2.75, 3.05) is 33.0 Å². The van der Waals surface area contributed by atoms with Gasteiger partial charge in [-0.25, -0.2) is 9.59 Å². The highest BCUT2D eigenvalue weighted by molar-refractivity contribution is 5.89. The van der Waals surface area contributed by atoms with Crippen molar-refractivity contribution < 1.29 is 33.6 Å². The predicted molar refractivity (Wildman–Crippen MR) is 85.2 cm³/mol. The molecular weight excluding hydrogens is 334 g/mol. The first-order valence-corrected chi connectivity index (χ1v) is 7.42. The highest BCUT2D eigenvalue weighted by Crippen LogP contribution is 2.15. The molecule has 0 saturated carbocycles. The number of esters is 1. The van der Waals surface area contributed by atoms with Crippen LogP contribution in [-0.2, 0) is 19.0 Å². The number of aliphatic carboxylic acids is 1. The fourth-order valence-corrected chi connectivity index (χ4v) is 1.67. The summed E-state index contributed by atoms with van der Waals surface area (Å²) in [5, 5.41) is 11.9. The summed E-state index contributed by atoms with van der Waals surface area (Å²) in [4.78, 5) is 24.6. The SMILES string of the molecule is CCOC(=O)c1cccc(OCC(N=[N+]=[N-])OCCOCC(=O)O)c1. The van der Waals surface area contributed by atoms with Crippen molar-refractivity contribution in [2.24, 2.45) is 5.11 Å². The highest BCUT2D eigenvalue weighted by atomic mass is 16.6. The minimum atomic E-state index is -1.09. The molecule has 0 aromatic heterocycles. The zero-order valence-electron chi connectivity index (χ0n) is 13.7. The van der Waals surface area contributed by atoms with Gasteiger partial charge in [0.25, 0.3) is 0 Å². The van der Waals surface area contributed by atoms with Crippen molar-refractivity contribution in [1.82, 2.24) is 0 Å². The summed E-state index contributed by atoms with van der Waals surface area (Å²) in [6.45, 7) is 1.51. The molecular formula is C15H19N3O7. The molecule has 0 radical (unpaired) electrons. The summed E-state index contributed by atoms with van der Waals surface area (Å²) in [6.07, 6.45) is -0.926. The Bertz CT molecular complexity index is 617. The summed E-state index contributed by atoms with van der Waals surface area (Å²) < 4.78 is 20.4. The number of carboxylic acid groups (broad SMARTS) is 1. The third kappa shape index (κ3) is 8.56. The Morgan fingerprint density at radius 1 is 1.36 bits per heavy atom. The predicted octanol–water partition coefficient (Wildman–Crippen LogP) is 2.00. The molecule has 1 rings (SSSR count). The normalized spacial score (nSPS) is 11.2. The van der Waals surface area contributed by atoms with Gasteiger partial charge in [-0.2, -0.15) is 0 Å². The number of carboxylic acids is 1. The lowest BCUT2D eigenvalue weighted by Gasteiger charge is -2.14. The Balaban J connectivity index is 2.48. The molecule has 10 nitrogen and oxygen atoms in total. The van der Waals surface area contributed by atoms with Crippen LogP contribution < -0.4 is 4.74 Å². The van der Waals surface area contributed by atoms with Gasteiger partial charge < -0.3 is 24.1 Å². The Kier molecular flexibility index (Phi) is 9.46. The summed E-state index contributed by atoms with van der Waals surface area (Å²) in [6, 6.07) is 6.35. The van der Waals surface area contributed by atoms with Crippen LogP contribution in [0.3, 0.4) is 0 Å². The van der Waals surface area contributed by atoms with Crippen molar-refractivity contribution in [1.29, 1.82) is 0 Å². The van der Waals surface area contributed by atoms with E-state index in [2.05, 4.69) is 10.0 Å². The number of azide groups is 1. The van der Waals surface area contributed by atoms with Gasteiger partial charge >= 0.3 is 11.9 Å². The van der Waals surface area contributed by atoms with Crippen molar-refractivity contribution >= 4 is 11.9 Å². The summed E-state index contributed by atoms with van der Waals surface area (Å²) >= 11 is 0. The first kappa shape index (κ1) is 20.2. The van der Waals surface area contributed by atoms with Gasteiger partial charge in [0.2, 0.25) is 0 Å². The molecule has 0 heterocycles. The smallest absolute Gasteiger partial charge is 0.338 e. The van der Waals surface area contributed by atoms with E-state index in [-0.39, 0.29) is 26.4 Å². The van der Waals surface area contributed by atoms with E-state index in [0.717, 1.165) is 0 Å². The molecule has 0 amide bonds. The van der Waals surface area contributed by atoms with Gasteiger partial charge in [-0.15, -0.1) is 0 Å². The van der Waals surface area contributed by atoms with E-state index in [1.165, 1.54) is 6.07 Å². The van der Waals surface area contributed by atoms with Crippen LogP contribution in [-0.4, -0.2) is 56.3 Å². The van der Waals surface area contributed by atoms with Gasteiger partial charge in [-0.3, -0.25) is 0 Å². The van der Waals surface area contributed by atoms with E-state index in [9.17, 15) is 9.59 Å². The lowest BCUT2D eigenvalue weighted by Crippen LogP contribution is -2.22. The van der Waals surface area contributed by atoms with Gasteiger partial charge in [0, 0.05) is 4.91 Å². The number of benzene rings is 1. The molecule has 0 saturated heterocycles. The molecule has 0 spiro atoms. The highest BCUT2D eigenvalue weighted by Gasteiger charge is 2.11. The van der Waals surface area contributed by atoms with E-state index in [0.29, 0.717) is 11.3 Å². The lowest BCUT2D eigenvalue weighted by atomic mass is 10.2. The van der Waals surface area contributed by atoms with Crippen LogP contribution in [0.15, 0.2) is 29.4 Å². The van der Waals surface area contributed by atoms with Crippen LogP contribution in [0.2, 0.25) is 0 Å². The Labute approximate surface area is 143 Å². The minimum absolute atomic E-state index is 0.0299. The van der Waals surface area contributed by atoms with Gasteiger partial charge in [0.1, 0.15) is 19.0 Å². The third-order valence-electron chi connectivity index (χ3n) is 2.68. The van der Waals surface area contributed by atoms with Crippen LogP contribution in [0, 0.1) is 0 Å². The number of rotatable bonds is 12. The number of hydrogen-bond donors (Lipinski definition) is 1. The second kappa shape index (κ2) is 11.7. The number of hydrogen-bond acceptors (Lipinski definition) is 7. The zero-order chi connectivity index (χ0) is 18.5. The van der Waals surface area contributed by atoms with E-state index in [4.69, 9.17) is 29.6 Å². The van der Waals surface area contributed by atoms with Crippen molar-refractivity contribution in [3.8, 4) is 5.75 Å². The van der Waals surface area contributed by atoms with E-state index in [1.807, 2.05) is 0 Å². The topological polar surface area (TPSA) is 140 Å². The fraction of sp³-hybridized carbons (Fsp3) is 0.467. The molecule has 0 bridgehead atoms. The Hall–Kier alpha value is -2.81. The number of nitrogens with zero attached hydrogens (tertiary/aromatic N) is 3. The average Bonchev–Trinajstić information content (AvgIpc) is 2.59. The Morgan fingerprint density at radius 3 is 2.84 bits per heavy atom. The Morgan fingerprint density at radius 2 is 2.16 bits per heavy atom. The van der Waals surface area contributed by atoms with E-state index >= 15 is 0 Å². The minimum Gasteiger partial charge on any atom is -0.491 e. The van der Waals surface area contributed by atoms with Gasteiger partial charge in [0.05, 0.1) is 25.4 Å². The molecule has 0 aliphatic rings. The van der Waals surface area contributed by atoms with Crippen molar-refractivity contribution in [2.45, 2.75) is 13.2 Å². The number of carbonyl (C=O) groups is 2. The molecule has 0 aliphatic carbocycles. The van der Waals surface area contributed by atoms with Crippen molar-refractivity contribution in [3.05, 3.63) is 40.3 Å². The third-order valence-corrected chi connectivity index (χ3v) is 2.68. The monoisotopic (exact) mass is 353 g/mol. The lowest BCUT2D eigenvalue weighted by molar-refractivity contribution is -0.143. The molecule has 136 valence electrons. The summed E-state index contributed by atoms with van der Waals surface area (Å²) in [7, 11) is 0. The summed E-state index contributed by atoms with van der Waals surface area (Å²) in [5.74, 6) is -1.17. The zero-order valence-corrected chi connectivity index (χ0v) is 13.7. The van der Waals surface area contributed by atoms with Gasteiger partial charge in [-0.05, 0) is 30.7 Å². The van der Waals surface area contributed by atoms with E-state index < -0.39 is 24.8 Å². The molecule has 1 atom stereocenters. The number of ether oxygens (including phenoxy) is 4. The van der Waals surface area contributed by atoms with E-state index in [1.54, 1.807) is 25.1 Å². The molecule has 10 heteroatoms. The molecule has 0 fully saturated rings. The van der Waals surface area contributed by atoms with Crippen LogP contribution in [0.4, 0.5) is 0 Å². The van der Waals surface area contributed by atoms with Crippen LogP contribution >= 0.6 is 0 Å². The van der Waals surface area contributed by atoms with Crippen molar-refractivity contribution in [3.63, 3.8) is 0 Å². The second-order valence-corrected chi connectivity index (χ2v) is 4.54. The molecule has 1 N–H and O–H groups in total. The maximum absolute atomic E-state index is 11.7. The van der Waals surface area contributed by atoms with Crippen LogP contribution in [0.25, 0.3) is 10.4 Å². The first-order valence-electron chi connectivity index (χ1n) is 7.42. The van der Waals surface area contributed by atoms with Crippen LogP contribution in [0.1, 0.15) is 17.3 Å². The first-order chi connectivity index (χ1) is 12.1. The molecule has 1 unspecified atom stereocenters. The maximum Gasteiger partial charge on any atom is 0.338 e.